The average molecular weight is 457 g/mol. The van der Waals surface area contributed by atoms with E-state index in [4.69, 9.17) is 9.47 Å². The van der Waals surface area contributed by atoms with Crippen LogP contribution in [0.15, 0.2) is 71.6 Å². The molecular weight excluding hydrogens is 438 g/mol. The Morgan fingerprint density at radius 3 is 2.16 bits per heavy atom. The van der Waals surface area contributed by atoms with E-state index in [0.29, 0.717) is 11.4 Å². The van der Waals surface area contributed by atoms with Crippen LogP contribution in [-0.4, -0.2) is 33.5 Å². The number of anilines is 2. The topological polar surface area (TPSA) is 137 Å². The minimum absolute atomic E-state index is 0.0805. The van der Waals surface area contributed by atoms with Gasteiger partial charge in [-0.2, -0.15) is 0 Å². The molecule has 3 aromatic carbocycles. The van der Waals surface area contributed by atoms with Gasteiger partial charge < -0.3 is 14.8 Å². The van der Waals surface area contributed by atoms with Crippen molar-refractivity contribution in [1.29, 1.82) is 0 Å². The summed E-state index contributed by atoms with van der Waals surface area (Å²) in [6.07, 6.45) is 0. The van der Waals surface area contributed by atoms with Crippen molar-refractivity contribution in [3.8, 4) is 11.5 Å². The van der Waals surface area contributed by atoms with E-state index in [1.165, 1.54) is 50.6 Å². The minimum Gasteiger partial charge on any atom is -0.497 e. The molecule has 0 aliphatic carbocycles. The summed E-state index contributed by atoms with van der Waals surface area (Å²) in [4.78, 5) is 22.6. The molecule has 3 rings (SSSR count). The summed E-state index contributed by atoms with van der Waals surface area (Å²) in [5.74, 6) is 0.340. The summed E-state index contributed by atoms with van der Waals surface area (Å²) >= 11 is 0. The largest absolute Gasteiger partial charge is 0.497 e. The van der Waals surface area contributed by atoms with Gasteiger partial charge in [0.25, 0.3) is 21.6 Å². The van der Waals surface area contributed by atoms with Crippen molar-refractivity contribution < 1.29 is 27.6 Å². The maximum Gasteiger partial charge on any atom is 0.271 e. The Balaban J connectivity index is 1.78. The maximum absolute atomic E-state index is 12.7. The SMILES string of the molecule is COc1ccc(NC(=O)c2ccc(S(=O)(=O)Nc3cc([N+](=O)[O-])ccc3OC)cc2)cc1. The van der Waals surface area contributed by atoms with E-state index in [9.17, 15) is 23.3 Å². The Bertz CT molecular complexity index is 1240. The Morgan fingerprint density at radius 1 is 0.938 bits per heavy atom. The number of nitro groups is 1. The van der Waals surface area contributed by atoms with Gasteiger partial charge in [-0.05, 0) is 54.6 Å². The van der Waals surface area contributed by atoms with Crippen molar-refractivity contribution in [3.05, 3.63) is 82.4 Å². The van der Waals surface area contributed by atoms with Gasteiger partial charge in [0.2, 0.25) is 0 Å². The summed E-state index contributed by atoms with van der Waals surface area (Å²) in [5, 5.41) is 13.7. The summed E-state index contributed by atoms with van der Waals surface area (Å²) in [5.41, 5.74) is 0.414. The van der Waals surface area contributed by atoms with E-state index >= 15 is 0 Å². The number of rotatable bonds is 8. The molecule has 0 saturated heterocycles. The van der Waals surface area contributed by atoms with Crippen LogP contribution in [0.5, 0.6) is 11.5 Å². The predicted molar refractivity (Wildman–Crippen MR) is 118 cm³/mol. The number of benzene rings is 3. The Morgan fingerprint density at radius 2 is 1.59 bits per heavy atom. The van der Waals surface area contributed by atoms with Crippen molar-refractivity contribution in [1.82, 2.24) is 0 Å². The monoisotopic (exact) mass is 457 g/mol. The Labute approximate surface area is 184 Å². The molecule has 0 heterocycles. The number of nitrogens with one attached hydrogen (secondary N) is 2. The second kappa shape index (κ2) is 9.35. The van der Waals surface area contributed by atoms with Gasteiger partial charge >= 0.3 is 0 Å². The highest BCUT2D eigenvalue weighted by Gasteiger charge is 2.20. The van der Waals surface area contributed by atoms with Gasteiger partial charge in [-0.25, -0.2) is 8.42 Å². The standard InChI is InChI=1S/C21H19N3O7S/c1-30-17-8-5-15(6-9-17)22-21(25)14-3-10-18(11-4-14)32(28,29)23-19-13-16(24(26)27)7-12-20(19)31-2/h3-13,23H,1-2H3,(H,22,25). The maximum atomic E-state index is 12.7. The first-order valence-corrected chi connectivity index (χ1v) is 10.6. The van der Waals surface area contributed by atoms with Gasteiger partial charge in [0, 0.05) is 23.4 Å². The molecule has 1 amide bonds. The number of nitrogens with zero attached hydrogens (tertiary/aromatic N) is 1. The van der Waals surface area contributed by atoms with Crippen molar-refractivity contribution in [2.75, 3.05) is 24.3 Å². The molecule has 0 saturated carbocycles. The molecule has 0 unspecified atom stereocenters. The second-order valence-corrected chi connectivity index (χ2v) is 8.14. The van der Waals surface area contributed by atoms with E-state index in [1.807, 2.05) is 0 Å². The lowest BCUT2D eigenvalue weighted by Gasteiger charge is -2.12. The molecule has 0 aliphatic heterocycles. The van der Waals surface area contributed by atoms with Crippen LogP contribution < -0.4 is 19.5 Å². The van der Waals surface area contributed by atoms with Crippen molar-refractivity contribution in [2.45, 2.75) is 4.90 Å². The van der Waals surface area contributed by atoms with Crippen LogP contribution in [0, 0.1) is 10.1 Å². The summed E-state index contributed by atoms with van der Waals surface area (Å²) < 4.78 is 37.9. The van der Waals surface area contributed by atoms with Crippen LogP contribution >= 0.6 is 0 Å². The van der Waals surface area contributed by atoms with E-state index in [1.54, 1.807) is 24.3 Å². The fourth-order valence-electron chi connectivity index (χ4n) is 2.76. The van der Waals surface area contributed by atoms with Crippen LogP contribution in [0.2, 0.25) is 0 Å². The molecule has 0 spiro atoms. The first-order valence-electron chi connectivity index (χ1n) is 9.14. The first-order chi connectivity index (χ1) is 15.2. The van der Waals surface area contributed by atoms with E-state index in [2.05, 4.69) is 10.0 Å². The lowest BCUT2D eigenvalue weighted by Crippen LogP contribution is -2.15. The van der Waals surface area contributed by atoms with Crippen LogP contribution in [0.3, 0.4) is 0 Å². The molecule has 11 heteroatoms. The number of carbonyl (C=O) groups excluding carboxylic acids is 1. The van der Waals surface area contributed by atoms with Gasteiger partial charge in [-0.15, -0.1) is 0 Å². The summed E-state index contributed by atoms with van der Waals surface area (Å²) in [6, 6.07) is 15.5. The highest BCUT2D eigenvalue weighted by molar-refractivity contribution is 7.92. The number of nitro benzene ring substituents is 1. The van der Waals surface area contributed by atoms with Crippen LogP contribution in [0.1, 0.15) is 10.4 Å². The van der Waals surface area contributed by atoms with Crippen LogP contribution in [0.4, 0.5) is 17.1 Å². The third-order valence-electron chi connectivity index (χ3n) is 4.41. The number of methoxy groups -OCH3 is 2. The van der Waals surface area contributed by atoms with Gasteiger partial charge in [0.1, 0.15) is 11.5 Å². The third kappa shape index (κ3) is 5.13. The molecule has 32 heavy (non-hydrogen) atoms. The molecule has 0 bridgehead atoms. The summed E-state index contributed by atoms with van der Waals surface area (Å²) in [6.45, 7) is 0. The zero-order valence-corrected chi connectivity index (χ0v) is 17.9. The minimum atomic E-state index is -4.10. The lowest BCUT2D eigenvalue weighted by molar-refractivity contribution is -0.384. The smallest absolute Gasteiger partial charge is 0.271 e. The van der Waals surface area contributed by atoms with E-state index < -0.39 is 20.9 Å². The number of non-ortho nitro benzene ring substituents is 1. The molecule has 2 N–H and O–H groups in total. The number of carbonyl (C=O) groups is 1. The van der Waals surface area contributed by atoms with Crippen molar-refractivity contribution in [2.24, 2.45) is 0 Å². The Kier molecular flexibility index (Phi) is 6.59. The van der Waals surface area contributed by atoms with Crippen molar-refractivity contribution >= 4 is 33.0 Å². The molecule has 10 nitrogen and oxygen atoms in total. The highest BCUT2D eigenvalue weighted by atomic mass is 32.2. The molecule has 166 valence electrons. The molecule has 0 aliphatic rings. The third-order valence-corrected chi connectivity index (χ3v) is 5.79. The zero-order chi connectivity index (χ0) is 23.3. The van der Waals surface area contributed by atoms with Crippen LogP contribution in [0.25, 0.3) is 0 Å². The van der Waals surface area contributed by atoms with Crippen LogP contribution in [-0.2, 0) is 10.0 Å². The van der Waals surface area contributed by atoms with Gasteiger partial charge in [-0.1, -0.05) is 0 Å². The van der Waals surface area contributed by atoms with E-state index in [-0.39, 0.29) is 27.6 Å². The lowest BCUT2D eigenvalue weighted by atomic mass is 10.2. The molecule has 0 atom stereocenters. The van der Waals surface area contributed by atoms with Gasteiger partial charge in [0.05, 0.1) is 29.7 Å². The van der Waals surface area contributed by atoms with E-state index in [0.717, 1.165) is 6.07 Å². The molecule has 0 fully saturated rings. The Hall–Kier alpha value is -4.12. The predicted octanol–water partition coefficient (Wildman–Crippen LogP) is 3.67. The van der Waals surface area contributed by atoms with Crippen molar-refractivity contribution in [3.63, 3.8) is 0 Å². The molecule has 3 aromatic rings. The molecule has 0 aromatic heterocycles. The second-order valence-electron chi connectivity index (χ2n) is 6.45. The quantitative estimate of drug-likeness (QED) is 0.389. The zero-order valence-electron chi connectivity index (χ0n) is 17.1. The fourth-order valence-corrected chi connectivity index (χ4v) is 3.82. The number of ether oxygens (including phenoxy) is 2. The molecule has 0 radical (unpaired) electrons. The number of hydrogen-bond acceptors (Lipinski definition) is 7. The fraction of sp³-hybridized carbons (Fsp3) is 0.0952. The number of amides is 1. The first kappa shape index (κ1) is 22.6. The molecular formula is C21H19N3O7S. The normalized spacial score (nSPS) is 10.8. The van der Waals surface area contributed by atoms with Gasteiger partial charge in [0.15, 0.2) is 0 Å². The summed E-state index contributed by atoms with van der Waals surface area (Å²) in [7, 11) is -1.25. The highest BCUT2D eigenvalue weighted by Crippen LogP contribution is 2.31. The number of hydrogen-bond donors (Lipinski definition) is 2. The average Bonchev–Trinajstić information content (AvgIpc) is 2.79. The van der Waals surface area contributed by atoms with Gasteiger partial charge in [-0.3, -0.25) is 19.6 Å². The number of sulfonamides is 1.